The van der Waals surface area contributed by atoms with E-state index in [-0.39, 0.29) is 17.4 Å². The summed E-state index contributed by atoms with van der Waals surface area (Å²) in [6.45, 7) is 5.26. The first-order valence-electron chi connectivity index (χ1n) is 8.53. The number of carbonyl (C=O) groups is 2. The largest absolute Gasteiger partial charge is 0.338 e. The summed E-state index contributed by atoms with van der Waals surface area (Å²) in [5, 5.41) is 5.89. The Kier molecular flexibility index (Phi) is 4.28. The molecular weight excluding hydrogens is 290 g/mol. The molecule has 5 heteroatoms. The predicted octanol–water partition coefficient (Wildman–Crippen LogP) is 3.30. The molecule has 1 aromatic rings. The molecule has 1 heterocycles. The van der Waals surface area contributed by atoms with Crippen LogP contribution in [0.2, 0.25) is 0 Å². The van der Waals surface area contributed by atoms with Gasteiger partial charge in [-0.1, -0.05) is 25.8 Å². The second kappa shape index (κ2) is 6.22. The number of anilines is 2. The first-order chi connectivity index (χ1) is 11.0. The van der Waals surface area contributed by atoms with Crippen LogP contribution in [0.4, 0.5) is 16.2 Å². The third-order valence-corrected chi connectivity index (χ3v) is 5.07. The van der Waals surface area contributed by atoms with Crippen molar-refractivity contribution in [3.05, 3.63) is 23.8 Å². The number of benzene rings is 1. The average Bonchev–Trinajstić information content (AvgIpc) is 3.14. The number of nitrogens with one attached hydrogen (secondary N) is 2. The second-order valence-electron chi connectivity index (χ2n) is 6.80. The number of rotatable bonds is 3. The van der Waals surface area contributed by atoms with E-state index in [9.17, 15) is 9.59 Å². The second-order valence-corrected chi connectivity index (χ2v) is 6.80. The highest BCUT2D eigenvalue weighted by Crippen LogP contribution is 2.39. The van der Waals surface area contributed by atoms with Crippen molar-refractivity contribution >= 4 is 23.3 Å². The standard InChI is InChI=1S/C18H25N3O2/c1-3-19-17(23)21-11-8-13-6-7-14(12-15(13)21)20-16(22)18(2)9-4-5-10-18/h6-7,12H,3-5,8-11H2,1-2H3,(H,19,23)(H,20,22). The quantitative estimate of drug-likeness (QED) is 0.899. The van der Waals surface area contributed by atoms with Crippen molar-refractivity contribution in [1.82, 2.24) is 5.32 Å². The molecule has 124 valence electrons. The van der Waals surface area contributed by atoms with Crippen molar-refractivity contribution in [2.45, 2.75) is 46.0 Å². The van der Waals surface area contributed by atoms with Gasteiger partial charge in [0.25, 0.3) is 0 Å². The van der Waals surface area contributed by atoms with Gasteiger partial charge >= 0.3 is 6.03 Å². The summed E-state index contributed by atoms with van der Waals surface area (Å²) in [6.07, 6.45) is 5.01. The lowest BCUT2D eigenvalue weighted by Crippen LogP contribution is -2.38. The van der Waals surface area contributed by atoms with Crippen LogP contribution in [-0.2, 0) is 11.2 Å². The molecule has 2 N–H and O–H groups in total. The molecule has 0 bridgehead atoms. The Labute approximate surface area is 137 Å². The number of hydrogen-bond acceptors (Lipinski definition) is 2. The number of nitrogens with zero attached hydrogens (tertiary/aromatic N) is 1. The average molecular weight is 315 g/mol. The molecule has 3 rings (SSSR count). The Morgan fingerprint density at radius 1 is 1.26 bits per heavy atom. The van der Waals surface area contributed by atoms with E-state index < -0.39 is 0 Å². The molecule has 3 amide bonds. The van der Waals surface area contributed by atoms with Gasteiger partial charge in [0.2, 0.25) is 5.91 Å². The predicted molar refractivity (Wildman–Crippen MR) is 91.8 cm³/mol. The van der Waals surface area contributed by atoms with Gasteiger partial charge < -0.3 is 10.6 Å². The zero-order chi connectivity index (χ0) is 16.4. The van der Waals surface area contributed by atoms with E-state index in [1.807, 2.05) is 32.0 Å². The molecule has 0 aromatic heterocycles. The number of carbonyl (C=O) groups excluding carboxylic acids is 2. The fraction of sp³-hybridized carbons (Fsp3) is 0.556. The van der Waals surface area contributed by atoms with Gasteiger partial charge in [0, 0.05) is 24.2 Å². The summed E-state index contributed by atoms with van der Waals surface area (Å²) >= 11 is 0. The van der Waals surface area contributed by atoms with Crippen LogP contribution in [0, 0.1) is 5.41 Å². The van der Waals surface area contributed by atoms with Crippen molar-refractivity contribution in [3.63, 3.8) is 0 Å². The molecule has 1 aliphatic carbocycles. The zero-order valence-corrected chi connectivity index (χ0v) is 13.9. The lowest BCUT2D eigenvalue weighted by molar-refractivity contribution is -0.124. The van der Waals surface area contributed by atoms with Gasteiger partial charge in [0.05, 0.1) is 5.69 Å². The molecule has 1 aromatic carbocycles. The van der Waals surface area contributed by atoms with Crippen molar-refractivity contribution in [1.29, 1.82) is 0 Å². The maximum atomic E-state index is 12.6. The summed E-state index contributed by atoms with van der Waals surface area (Å²) < 4.78 is 0. The summed E-state index contributed by atoms with van der Waals surface area (Å²) in [6, 6.07) is 5.81. The normalized spacial score (nSPS) is 18.6. The van der Waals surface area contributed by atoms with E-state index in [2.05, 4.69) is 10.6 Å². The van der Waals surface area contributed by atoms with Gasteiger partial charge in [0.1, 0.15) is 0 Å². The van der Waals surface area contributed by atoms with Crippen LogP contribution in [0.3, 0.4) is 0 Å². The molecular formula is C18H25N3O2. The molecule has 0 spiro atoms. The van der Waals surface area contributed by atoms with Crippen LogP contribution in [0.1, 0.15) is 45.1 Å². The fourth-order valence-corrected chi connectivity index (χ4v) is 3.58. The number of fused-ring (bicyclic) bond motifs is 1. The van der Waals surface area contributed by atoms with Crippen LogP contribution >= 0.6 is 0 Å². The Morgan fingerprint density at radius 2 is 2.00 bits per heavy atom. The van der Waals surface area contributed by atoms with Crippen LogP contribution in [-0.4, -0.2) is 25.0 Å². The van der Waals surface area contributed by atoms with Crippen LogP contribution in [0.15, 0.2) is 18.2 Å². The minimum atomic E-state index is -0.252. The van der Waals surface area contributed by atoms with E-state index in [0.29, 0.717) is 13.1 Å². The smallest absolute Gasteiger partial charge is 0.321 e. The van der Waals surface area contributed by atoms with Crippen molar-refractivity contribution < 1.29 is 9.59 Å². The van der Waals surface area contributed by atoms with E-state index in [1.54, 1.807) is 4.90 Å². The van der Waals surface area contributed by atoms with Gasteiger partial charge in [0.15, 0.2) is 0 Å². The van der Waals surface area contributed by atoms with E-state index >= 15 is 0 Å². The van der Waals surface area contributed by atoms with Gasteiger partial charge in [-0.15, -0.1) is 0 Å². The third-order valence-electron chi connectivity index (χ3n) is 5.07. The van der Waals surface area contributed by atoms with E-state index in [1.165, 1.54) is 0 Å². The van der Waals surface area contributed by atoms with Gasteiger partial charge in [-0.05, 0) is 43.9 Å². The van der Waals surface area contributed by atoms with Crippen molar-refractivity contribution in [3.8, 4) is 0 Å². The molecule has 1 fully saturated rings. The molecule has 2 aliphatic rings. The number of amides is 3. The first-order valence-corrected chi connectivity index (χ1v) is 8.53. The Bertz CT molecular complexity index is 621. The molecule has 0 unspecified atom stereocenters. The van der Waals surface area contributed by atoms with Gasteiger partial charge in [-0.25, -0.2) is 4.79 Å². The Hall–Kier alpha value is -2.04. The molecule has 5 nitrogen and oxygen atoms in total. The fourth-order valence-electron chi connectivity index (χ4n) is 3.58. The minimum Gasteiger partial charge on any atom is -0.338 e. The monoisotopic (exact) mass is 315 g/mol. The minimum absolute atomic E-state index is 0.0718. The van der Waals surface area contributed by atoms with Crippen LogP contribution in [0.25, 0.3) is 0 Å². The van der Waals surface area contributed by atoms with Crippen molar-refractivity contribution in [2.75, 3.05) is 23.3 Å². The maximum Gasteiger partial charge on any atom is 0.321 e. The number of hydrogen-bond donors (Lipinski definition) is 2. The molecule has 0 radical (unpaired) electrons. The molecule has 1 saturated carbocycles. The SMILES string of the molecule is CCNC(=O)N1CCc2ccc(NC(=O)C3(C)CCCC3)cc21. The van der Waals surface area contributed by atoms with Gasteiger partial charge in [-0.3, -0.25) is 9.69 Å². The third kappa shape index (κ3) is 3.05. The molecule has 23 heavy (non-hydrogen) atoms. The summed E-state index contributed by atoms with van der Waals surface area (Å²) in [7, 11) is 0. The highest BCUT2D eigenvalue weighted by atomic mass is 16.2. The van der Waals surface area contributed by atoms with Crippen LogP contribution in [0.5, 0.6) is 0 Å². The summed E-state index contributed by atoms with van der Waals surface area (Å²) in [5.41, 5.74) is 2.59. The maximum absolute atomic E-state index is 12.6. The summed E-state index contributed by atoms with van der Waals surface area (Å²) in [4.78, 5) is 26.4. The Balaban J connectivity index is 1.77. The summed E-state index contributed by atoms with van der Waals surface area (Å²) in [5.74, 6) is 0.0949. The topological polar surface area (TPSA) is 61.4 Å². The highest BCUT2D eigenvalue weighted by molar-refractivity contribution is 5.98. The van der Waals surface area contributed by atoms with Crippen LogP contribution < -0.4 is 15.5 Å². The lowest BCUT2D eigenvalue weighted by atomic mass is 9.88. The highest BCUT2D eigenvalue weighted by Gasteiger charge is 2.36. The van der Waals surface area contributed by atoms with E-state index in [4.69, 9.17) is 0 Å². The molecule has 0 saturated heterocycles. The van der Waals surface area contributed by atoms with Gasteiger partial charge in [-0.2, -0.15) is 0 Å². The lowest BCUT2D eigenvalue weighted by Gasteiger charge is -2.23. The zero-order valence-electron chi connectivity index (χ0n) is 13.9. The molecule has 0 atom stereocenters. The number of urea groups is 1. The van der Waals surface area contributed by atoms with E-state index in [0.717, 1.165) is 49.0 Å². The Morgan fingerprint density at radius 3 is 2.70 bits per heavy atom. The molecule has 1 aliphatic heterocycles. The first kappa shape index (κ1) is 15.8. The van der Waals surface area contributed by atoms with Crippen molar-refractivity contribution in [2.24, 2.45) is 5.41 Å².